The summed E-state index contributed by atoms with van der Waals surface area (Å²) in [7, 11) is 0. The molecular formula is C19H18Cl2N4O. The molecule has 5 nitrogen and oxygen atoms in total. The maximum absolute atomic E-state index is 6.43. The molecule has 0 saturated carbocycles. The summed E-state index contributed by atoms with van der Waals surface area (Å²) in [5.41, 5.74) is 6.09. The van der Waals surface area contributed by atoms with Crippen LogP contribution in [0, 0.1) is 20.8 Å². The average molecular weight is 389 g/mol. The fourth-order valence-corrected chi connectivity index (χ4v) is 3.81. The Morgan fingerprint density at radius 2 is 1.85 bits per heavy atom. The maximum Gasteiger partial charge on any atom is 0.249 e. The Labute approximate surface area is 161 Å². The molecule has 134 valence electrons. The lowest BCUT2D eigenvalue weighted by Gasteiger charge is -2.04. The molecule has 4 rings (SSSR count). The second kappa shape index (κ2) is 6.18. The Morgan fingerprint density at radius 1 is 1.08 bits per heavy atom. The highest BCUT2D eigenvalue weighted by molar-refractivity contribution is 6.36. The Kier molecular flexibility index (Phi) is 4.09. The number of hydrogen-bond donors (Lipinski definition) is 0. The van der Waals surface area contributed by atoms with Gasteiger partial charge in [-0.25, -0.2) is 4.68 Å². The Hall–Kier alpha value is -2.24. The van der Waals surface area contributed by atoms with Crippen LogP contribution in [0.5, 0.6) is 0 Å². The topological polar surface area (TPSA) is 48.3 Å². The Bertz CT molecular complexity index is 1140. The van der Waals surface area contributed by atoms with Gasteiger partial charge < -0.3 is 4.42 Å². The highest BCUT2D eigenvalue weighted by Crippen LogP contribution is 2.36. The fraction of sp³-hybridized carbons (Fsp3) is 0.263. The van der Waals surface area contributed by atoms with Crippen molar-refractivity contribution >= 4 is 28.9 Å². The fourth-order valence-electron chi connectivity index (χ4n) is 3.31. The number of aryl methyl sites for hydroxylation is 4. The molecule has 7 heteroatoms. The van der Waals surface area contributed by atoms with Crippen LogP contribution in [0.15, 0.2) is 28.7 Å². The molecule has 0 fully saturated rings. The maximum atomic E-state index is 6.43. The lowest BCUT2D eigenvalue weighted by atomic mass is 10.1. The molecule has 0 saturated heterocycles. The summed E-state index contributed by atoms with van der Waals surface area (Å²) in [6.07, 6.45) is 0.762. The molecule has 4 aromatic rings. The predicted molar refractivity (Wildman–Crippen MR) is 104 cm³/mol. The van der Waals surface area contributed by atoms with E-state index in [1.165, 1.54) is 0 Å². The Morgan fingerprint density at radius 3 is 2.46 bits per heavy atom. The second-order valence-electron chi connectivity index (χ2n) is 6.34. The molecule has 1 aromatic carbocycles. The molecule has 0 aliphatic heterocycles. The van der Waals surface area contributed by atoms with Gasteiger partial charge in [-0.05, 0) is 51.5 Å². The van der Waals surface area contributed by atoms with Crippen molar-refractivity contribution in [3.8, 4) is 16.9 Å². The van der Waals surface area contributed by atoms with Crippen molar-refractivity contribution in [3.63, 3.8) is 0 Å². The molecule has 0 aliphatic carbocycles. The van der Waals surface area contributed by atoms with Gasteiger partial charge in [0.15, 0.2) is 5.69 Å². The number of aromatic nitrogens is 4. The lowest BCUT2D eigenvalue weighted by Crippen LogP contribution is -2.01. The van der Waals surface area contributed by atoms with Crippen LogP contribution >= 0.6 is 23.2 Å². The van der Waals surface area contributed by atoms with Gasteiger partial charge in [-0.1, -0.05) is 30.1 Å². The van der Waals surface area contributed by atoms with Crippen LogP contribution in [-0.4, -0.2) is 19.4 Å². The average Bonchev–Trinajstić information content (AvgIpc) is 3.18. The summed E-state index contributed by atoms with van der Waals surface area (Å²) in [5.74, 6) is 0.738. The smallest absolute Gasteiger partial charge is 0.249 e. The summed E-state index contributed by atoms with van der Waals surface area (Å²) < 4.78 is 9.83. The van der Waals surface area contributed by atoms with E-state index in [1.54, 1.807) is 6.07 Å². The standard InChI is InChI=1S/C19H18Cl2N4O/c1-5-16-18(24-11(3)8-10(2)22-24)19-25(23-16)17(12(4)26-19)14-7-6-13(20)9-15(14)21/h6-9H,5H2,1-4H3. The zero-order valence-corrected chi connectivity index (χ0v) is 16.5. The first-order chi connectivity index (χ1) is 12.4. The molecule has 0 radical (unpaired) electrons. The summed E-state index contributed by atoms with van der Waals surface area (Å²) in [6, 6.07) is 7.46. The van der Waals surface area contributed by atoms with Crippen LogP contribution in [-0.2, 0) is 6.42 Å². The monoisotopic (exact) mass is 388 g/mol. The van der Waals surface area contributed by atoms with Gasteiger partial charge in [-0.3, -0.25) is 0 Å². The predicted octanol–water partition coefficient (Wildman–Crippen LogP) is 5.57. The first kappa shape index (κ1) is 17.2. The van der Waals surface area contributed by atoms with E-state index in [2.05, 4.69) is 12.0 Å². The minimum Gasteiger partial charge on any atom is -0.439 e. The first-order valence-corrected chi connectivity index (χ1v) is 9.16. The number of fused-ring (bicyclic) bond motifs is 1. The lowest BCUT2D eigenvalue weighted by molar-refractivity contribution is 0.569. The molecule has 0 N–H and O–H groups in total. The van der Waals surface area contributed by atoms with E-state index in [-0.39, 0.29) is 0 Å². The third kappa shape index (κ3) is 2.54. The molecule has 26 heavy (non-hydrogen) atoms. The molecule has 0 spiro atoms. The van der Waals surface area contributed by atoms with Crippen LogP contribution in [0.1, 0.15) is 29.8 Å². The molecule has 0 amide bonds. The Balaban J connectivity index is 2.04. The zero-order valence-electron chi connectivity index (χ0n) is 15.0. The van der Waals surface area contributed by atoms with Crippen molar-refractivity contribution in [2.75, 3.05) is 0 Å². The molecule has 3 heterocycles. The minimum absolute atomic E-state index is 0.560. The molecule has 0 unspecified atom stereocenters. The van der Waals surface area contributed by atoms with Crippen LogP contribution in [0.3, 0.4) is 0 Å². The third-order valence-corrected chi connectivity index (χ3v) is 4.97. The van der Waals surface area contributed by atoms with Crippen molar-refractivity contribution in [1.82, 2.24) is 19.4 Å². The van der Waals surface area contributed by atoms with E-state index >= 15 is 0 Å². The summed E-state index contributed by atoms with van der Waals surface area (Å²) in [4.78, 5) is 0. The van der Waals surface area contributed by atoms with Crippen molar-refractivity contribution < 1.29 is 4.42 Å². The van der Waals surface area contributed by atoms with Crippen LogP contribution in [0.25, 0.3) is 22.7 Å². The van der Waals surface area contributed by atoms with Crippen LogP contribution < -0.4 is 0 Å². The second-order valence-corrected chi connectivity index (χ2v) is 7.18. The highest BCUT2D eigenvalue weighted by atomic mass is 35.5. The largest absolute Gasteiger partial charge is 0.439 e. The van der Waals surface area contributed by atoms with E-state index in [4.69, 9.17) is 32.7 Å². The third-order valence-electron chi connectivity index (χ3n) is 4.43. The molecule has 3 aromatic heterocycles. The van der Waals surface area contributed by atoms with Gasteiger partial charge in [0.1, 0.15) is 11.5 Å². The molecule has 0 atom stereocenters. The van der Waals surface area contributed by atoms with E-state index in [0.717, 1.165) is 46.2 Å². The number of nitrogens with zero attached hydrogens (tertiary/aromatic N) is 4. The SMILES string of the molecule is CCc1nn2c(-c3ccc(Cl)cc3Cl)c(C)oc2c1-n1nc(C)cc1C. The van der Waals surface area contributed by atoms with E-state index in [0.29, 0.717) is 15.8 Å². The van der Waals surface area contributed by atoms with Crippen molar-refractivity contribution in [1.29, 1.82) is 0 Å². The van der Waals surface area contributed by atoms with Gasteiger partial charge in [-0.2, -0.15) is 14.7 Å². The van der Waals surface area contributed by atoms with Crippen LogP contribution in [0.4, 0.5) is 0 Å². The number of halogens is 2. The summed E-state index contributed by atoms with van der Waals surface area (Å²) in [5, 5.41) is 10.6. The van der Waals surface area contributed by atoms with Gasteiger partial charge in [0.05, 0.1) is 16.4 Å². The van der Waals surface area contributed by atoms with Crippen molar-refractivity contribution in [2.45, 2.75) is 34.1 Å². The number of oxazole rings is 1. The van der Waals surface area contributed by atoms with Gasteiger partial charge >= 0.3 is 0 Å². The number of hydrogen-bond acceptors (Lipinski definition) is 3. The van der Waals surface area contributed by atoms with Gasteiger partial charge in [0.2, 0.25) is 5.71 Å². The molecular weight excluding hydrogens is 371 g/mol. The van der Waals surface area contributed by atoms with E-state index in [1.807, 2.05) is 48.2 Å². The number of rotatable bonds is 3. The summed E-state index contributed by atoms with van der Waals surface area (Å²) >= 11 is 12.5. The zero-order chi connectivity index (χ0) is 18.6. The van der Waals surface area contributed by atoms with Gasteiger partial charge in [0.25, 0.3) is 0 Å². The van der Waals surface area contributed by atoms with Crippen molar-refractivity contribution in [2.24, 2.45) is 0 Å². The first-order valence-electron chi connectivity index (χ1n) is 8.40. The normalized spacial score (nSPS) is 11.6. The van der Waals surface area contributed by atoms with E-state index in [9.17, 15) is 0 Å². The molecule has 0 bridgehead atoms. The van der Waals surface area contributed by atoms with Gasteiger partial charge in [0, 0.05) is 16.3 Å². The van der Waals surface area contributed by atoms with Crippen molar-refractivity contribution in [3.05, 3.63) is 57.2 Å². The van der Waals surface area contributed by atoms with E-state index < -0.39 is 0 Å². The van der Waals surface area contributed by atoms with Crippen LogP contribution in [0.2, 0.25) is 10.0 Å². The minimum atomic E-state index is 0.560. The van der Waals surface area contributed by atoms with Gasteiger partial charge in [-0.15, -0.1) is 0 Å². The molecule has 0 aliphatic rings. The number of benzene rings is 1. The quantitative estimate of drug-likeness (QED) is 0.460. The summed E-state index contributed by atoms with van der Waals surface area (Å²) in [6.45, 7) is 7.97. The highest BCUT2D eigenvalue weighted by Gasteiger charge is 2.24.